The summed E-state index contributed by atoms with van der Waals surface area (Å²) in [6, 6.07) is 44.7. The van der Waals surface area contributed by atoms with Crippen LogP contribution >= 0.6 is 0 Å². The number of ketones is 1. The summed E-state index contributed by atoms with van der Waals surface area (Å²) >= 11 is 0. The zero-order chi connectivity index (χ0) is 35.0. The van der Waals surface area contributed by atoms with Crippen LogP contribution in [0.15, 0.2) is 133 Å². The Bertz CT molecular complexity index is 2260. The van der Waals surface area contributed by atoms with Crippen LogP contribution in [0, 0.1) is 36.5 Å². The zero-order valence-corrected chi connectivity index (χ0v) is 28.5. The van der Waals surface area contributed by atoms with Crippen molar-refractivity contribution in [3.63, 3.8) is 0 Å². The molecule has 0 saturated heterocycles. The van der Waals surface area contributed by atoms with Gasteiger partial charge in [-0.3, -0.25) is 9.59 Å². The number of fused-ring (bicyclic) bond motifs is 2. The van der Waals surface area contributed by atoms with Crippen molar-refractivity contribution in [2.24, 2.45) is 11.3 Å². The van der Waals surface area contributed by atoms with Crippen molar-refractivity contribution >= 4 is 33.3 Å². The highest BCUT2D eigenvalue weighted by molar-refractivity contribution is 6.10. The van der Waals surface area contributed by atoms with Crippen molar-refractivity contribution in [3.8, 4) is 6.07 Å². The Kier molecular flexibility index (Phi) is 8.59. The fraction of sp³-hybridized carbons (Fsp3) is 0.222. The van der Waals surface area contributed by atoms with Crippen molar-refractivity contribution in [3.05, 3.63) is 167 Å². The number of ether oxygens (including phenoxy) is 1. The first kappa shape index (κ1) is 33.0. The van der Waals surface area contributed by atoms with Crippen LogP contribution in [-0.4, -0.2) is 23.5 Å². The molecule has 6 aromatic carbocycles. The zero-order valence-electron chi connectivity index (χ0n) is 28.5. The highest BCUT2D eigenvalue weighted by atomic mass is 16.5. The molecular formula is C45H39NO4. The van der Waals surface area contributed by atoms with E-state index in [0.29, 0.717) is 16.7 Å². The molecule has 0 radical (unpaired) electrons. The molecule has 1 N–H and O–H groups in total. The predicted octanol–water partition coefficient (Wildman–Crippen LogP) is 9.34. The van der Waals surface area contributed by atoms with E-state index in [4.69, 9.17) is 4.74 Å². The van der Waals surface area contributed by atoms with Crippen molar-refractivity contribution in [1.82, 2.24) is 0 Å². The highest BCUT2D eigenvalue weighted by Crippen LogP contribution is 2.64. The second-order valence-electron chi connectivity index (χ2n) is 13.6. The van der Waals surface area contributed by atoms with Gasteiger partial charge in [-0.1, -0.05) is 145 Å². The maximum atomic E-state index is 15.6. The molecule has 248 valence electrons. The Morgan fingerprint density at radius 3 is 1.90 bits per heavy atom. The largest absolute Gasteiger partial charge is 0.465 e. The second-order valence-corrected chi connectivity index (χ2v) is 13.6. The van der Waals surface area contributed by atoms with E-state index in [2.05, 4.69) is 6.07 Å². The fourth-order valence-electron chi connectivity index (χ4n) is 8.33. The quantitative estimate of drug-likeness (QED) is 0.137. The van der Waals surface area contributed by atoms with Gasteiger partial charge in [0.05, 0.1) is 18.6 Å². The normalized spacial score (nSPS) is 23.3. The first-order chi connectivity index (χ1) is 24.2. The van der Waals surface area contributed by atoms with Crippen LogP contribution in [0.5, 0.6) is 0 Å². The predicted molar refractivity (Wildman–Crippen MR) is 197 cm³/mol. The van der Waals surface area contributed by atoms with Crippen LogP contribution in [0.1, 0.15) is 63.4 Å². The van der Waals surface area contributed by atoms with Crippen LogP contribution in [0.4, 0.5) is 0 Å². The van der Waals surface area contributed by atoms with Gasteiger partial charge in [0.1, 0.15) is 5.60 Å². The molecule has 0 spiro atoms. The molecule has 5 nitrogen and oxygen atoms in total. The Morgan fingerprint density at radius 1 is 0.740 bits per heavy atom. The standard InChI is InChI=1S/C45H39NO4/c1-4-50-43(48)44(28-46)39(33-23-19-29(2)20-24-33)27-45(49,38-18-10-14-32-12-6-8-16-36(32)38)41(40(44)34-25-21-30(3)22-26-34)42(47)37-17-9-13-31-11-5-7-15-35(31)37/h5-26,39-41,49H,4,27H2,1-3H3/t39-,40+,41+,44+,45+/m1/s1. The number of Topliss-reactive ketones (excluding diaryl/α,β-unsaturated/α-hetero) is 1. The second kappa shape index (κ2) is 13.0. The van der Waals surface area contributed by atoms with Gasteiger partial charge in [0.2, 0.25) is 0 Å². The molecule has 7 rings (SSSR count). The van der Waals surface area contributed by atoms with Crippen molar-refractivity contribution in [1.29, 1.82) is 5.26 Å². The van der Waals surface area contributed by atoms with Crippen LogP contribution in [0.3, 0.4) is 0 Å². The number of nitriles is 1. The smallest absolute Gasteiger partial charge is 0.327 e. The third kappa shape index (κ3) is 5.28. The molecule has 1 fully saturated rings. The minimum Gasteiger partial charge on any atom is -0.465 e. The first-order valence-electron chi connectivity index (χ1n) is 17.2. The molecular weight excluding hydrogens is 618 g/mol. The van der Waals surface area contributed by atoms with E-state index in [0.717, 1.165) is 38.2 Å². The van der Waals surface area contributed by atoms with Gasteiger partial charge in [-0.2, -0.15) is 5.26 Å². The van der Waals surface area contributed by atoms with Gasteiger partial charge in [0.15, 0.2) is 11.2 Å². The van der Waals surface area contributed by atoms with E-state index in [9.17, 15) is 15.2 Å². The number of rotatable bonds is 7. The summed E-state index contributed by atoms with van der Waals surface area (Å²) in [6.45, 7) is 5.72. The average molecular weight is 658 g/mol. The number of carbonyl (C=O) groups is 2. The summed E-state index contributed by atoms with van der Waals surface area (Å²) in [6.07, 6.45) is -0.0695. The summed E-state index contributed by atoms with van der Waals surface area (Å²) in [5, 5.41) is 28.6. The number of aliphatic hydroxyl groups is 1. The SMILES string of the molecule is CCOC(=O)[C@@]1(C#N)[C@@H](c2ccc(C)cc2)C[C@](O)(c2cccc3ccccc23)[C@H](C(=O)c2cccc3ccccc23)[C@@H]1c1ccc(C)cc1. The van der Waals surface area contributed by atoms with Crippen LogP contribution in [-0.2, 0) is 15.1 Å². The number of hydrogen-bond acceptors (Lipinski definition) is 5. The monoisotopic (exact) mass is 657 g/mol. The Morgan fingerprint density at radius 2 is 1.28 bits per heavy atom. The lowest BCUT2D eigenvalue weighted by Gasteiger charge is -2.54. The fourth-order valence-corrected chi connectivity index (χ4v) is 8.33. The minimum absolute atomic E-state index is 0.0546. The van der Waals surface area contributed by atoms with Gasteiger partial charge in [-0.15, -0.1) is 0 Å². The van der Waals surface area contributed by atoms with Gasteiger partial charge in [-0.05, 0) is 65.4 Å². The van der Waals surface area contributed by atoms with Crippen molar-refractivity contribution in [2.75, 3.05) is 6.61 Å². The van der Waals surface area contributed by atoms with E-state index in [1.54, 1.807) is 13.0 Å². The maximum absolute atomic E-state index is 15.6. The molecule has 5 atom stereocenters. The Labute approximate surface area is 292 Å². The molecule has 1 aliphatic carbocycles. The van der Waals surface area contributed by atoms with Gasteiger partial charge in [0.25, 0.3) is 0 Å². The molecule has 0 heterocycles. The Balaban J connectivity index is 1.62. The molecule has 5 heteroatoms. The summed E-state index contributed by atoms with van der Waals surface area (Å²) in [5.74, 6) is -4.22. The van der Waals surface area contributed by atoms with Crippen LogP contribution < -0.4 is 0 Å². The number of benzene rings is 6. The highest BCUT2D eigenvalue weighted by Gasteiger charge is 2.68. The molecule has 0 bridgehead atoms. The van der Waals surface area contributed by atoms with Gasteiger partial charge in [0, 0.05) is 17.4 Å². The topological polar surface area (TPSA) is 87.4 Å². The van der Waals surface area contributed by atoms with E-state index >= 15 is 4.79 Å². The molecule has 0 amide bonds. The average Bonchev–Trinajstić information content (AvgIpc) is 3.14. The van der Waals surface area contributed by atoms with E-state index in [1.807, 2.05) is 141 Å². The van der Waals surface area contributed by atoms with E-state index in [1.165, 1.54) is 0 Å². The summed E-state index contributed by atoms with van der Waals surface area (Å²) in [4.78, 5) is 30.3. The number of carbonyl (C=O) groups excluding carboxylic acids is 2. The molecule has 1 saturated carbocycles. The van der Waals surface area contributed by atoms with Crippen molar-refractivity contribution < 1.29 is 19.4 Å². The lowest BCUT2D eigenvalue weighted by Crippen LogP contribution is -2.59. The number of esters is 1. The van der Waals surface area contributed by atoms with Crippen molar-refractivity contribution in [2.45, 2.75) is 44.6 Å². The summed E-state index contributed by atoms with van der Waals surface area (Å²) < 4.78 is 5.82. The molecule has 1 aliphatic rings. The lowest BCUT2D eigenvalue weighted by molar-refractivity contribution is -0.164. The Hall–Kier alpha value is -5.57. The molecule has 50 heavy (non-hydrogen) atoms. The third-order valence-corrected chi connectivity index (χ3v) is 10.7. The molecule has 6 aromatic rings. The van der Waals surface area contributed by atoms with E-state index in [-0.39, 0.29) is 18.8 Å². The summed E-state index contributed by atoms with van der Waals surface area (Å²) in [5.41, 5.74) is 0.643. The third-order valence-electron chi connectivity index (χ3n) is 10.7. The van der Waals surface area contributed by atoms with Gasteiger partial charge in [-0.25, -0.2) is 0 Å². The van der Waals surface area contributed by atoms with Crippen LogP contribution in [0.25, 0.3) is 21.5 Å². The number of aryl methyl sites for hydroxylation is 2. The minimum atomic E-state index is -1.87. The molecule has 0 unspecified atom stereocenters. The van der Waals surface area contributed by atoms with Gasteiger partial charge >= 0.3 is 5.97 Å². The maximum Gasteiger partial charge on any atom is 0.327 e. The van der Waals surface area contributed by atoms with Gasteiger partial charge < -0.3 is 9.84 Å². The molecule has 0 aromatic heterocycles. The number of hydrogen-bond donors (Lipinski definition) is 1. The van der Waals surface area contributed by atoms with E-state index < -0.39 is 34.7 Å². The summed E-state index contributed by atoms with van der Waals surface area (Å²) in [7, 11) is 0. The lowest BCUT2D eigenvalue weighted by atomic mass is 9.47. The molecule has 0 aliphatic heterocycles. The number of nitrogens with zero attached hydrogens (tertiary/aromatic N) is 1. The first-order valence-corrected chi connectivity index (χ1v) is 17.2. The van der Waals surface area contributed by atoms with Crippen LogP contribution in [0.2, 0.25) is 0 Å².